The van der Waals surface area contributed by atoms with E-state index in [4.69, 9.17) is 5.73 Å². The second-order valence-electron chi connectivity index (χ2n) is 6.96. The van der Waals surface area contributed by atoms with Crippen LogP contribution in [0, 0.1) is 24.4 Å². The summed E-state index contributed by atoms with van der Waals surface area (Å²) in [6.45, 7) is 1.35. The zero-order valence-electron chi connectivity index (χ0n) is 15.4. The lowest BCUT2D eigenvalue weighted by atomic mass is 10.0. The number of nitrogens with two attached hydrogens (primary N) is 1. The molecule has 11 heteroatoms. The molecule has 1 atom stereocenters. The van der Waals surface area contributed by atoms with Crippen LogP contribution in [0.3, 0.4) is 0 Å². The van der Waals surface area contributed by atoms with Gasteiger partial charge in [-0.15, -0.1) is 0 Å². The van der Waals surface area contributed by atoms with Crippen molar-refractivity contribution in [3.05, 3.63) is 52.4 Å². The molecule has 3 rings (SSSR count). The average molecular weight is 420 g/mol. The van der Waals surface area contributed by atoms with Crippen molar-refractivity contribution >= 4 is 5.91 Å². The van der Waals surface area contributed by atoms with Gasteiger partial charge in [0.15, 0.2) is 11.6 Å². The molecule has 2 heterocycles. The Morgan fingerprint density at radius 2 is 1.83 bits per heavy atom. The third-order valence-corrected chi connectivity index (χ3v) is 4.82. The number of carbonyl (C=O) groups is 1. The van der Waals surface area contributed by atoms with Crippen LogP contribution in [0.5, 0.6) is 0 Å². The molecule has 1 amide bonds. The van der Waals surface area contributed by atoms with Gasteiger partial charge in [-0.05, 0) is 25.0 Å². The molecule has 29 heavy (non-hydrogen) atoms. The number of amides is 1. The van der Waals surface area contributed by atoms with Crippen molar-refractivity contribution in [2.24, 2.45) is 5.73 Å². The molecule has 0 saturated carbocycles. The molecule has 0 aliphatic carbocycles. The zero-order chi connectivity index (χ0) is 21.5. The molecule has 1 aliphatic heterocycles. The number of halogens is 6. The first-order chi connectivity index (χ1) is 13.5. The summed E-state index contributed by atoms with van der Waals surface area (Å²) >= 11 is 0. The van der Waals surface area contributed by atoms with Gasteiger partial charge in [-0.25, -0.2) is 18.2 Å². The van der Waals surface area contributed by atoms with Crippen molar-refractivity contribution in [2.45, 2.75) is 45.1 Å². The Morgan fingerprint density at radius 1 is 1.17 bits per heavy atom. The summed E-state index contributed by atoms with van der Waals surface area (Å²) in [6, 6.07) is 0.225. The first-order valence-corrected chi connectivity index (χ1v) is 8.77. The molecule has 5 nitrogen and oxygen atoms in total. The average Bonchev–Trinajstić information content (AvgIpc) is 2.96. The van der Waals surface area contributed by atoms with Gasteiger partial charge in [-0.1, -0.05) is 0 Å². The molecular formula is C18H18F6N4O. The SMILES string of the molecule is Cc1nc(C(F)(F)F)n2c1CN(C(=O)CC(N)Cc1cc(F)c(F)cc1F)CC2. The topological polar surface area (TPSA) is 64.2 Å². The van der Waals surface area contributed by atoms with Gasteiger partial charge in [0.2, 0.25) is 11.7 Å². The summed E-state index contributed by atoms with van der Waals surface area (Å²) in [6.07, 6.45) is -5.01. The van der Waals surface area contributed by atoms with E-state index in [9.17, 15) is 31.1 Å². The predicted molar refractivity (Wildman–Crippen MR) is 90.0 cm³/mol. The fraction of sp³-hybridized carbons (Fsp3) is 0.444. The van der Waals surface area contributed by atoms with Crippen molar-refractivity contribution in [3.8, 4) is 0 Å². The standard InChI is InChI=1S/C18H18F6N4O/c1-9-15-8-27(2-3-28(15)17(26-9)18(22,23)24)16(29)6-11(25)4-10-5-13(20)14(21)7-12(10)19/h5,7,11H,2-4,6,8,25H2,1H3. The van der Waals surface area contributed by atoms with Gasteiger partial charge >= 0.3 is 6.18 Å². The largest absolute Gasteiger partial charge is 0.449 e. The van der Waals surface area contributed by atoms with Gasteiger partial charge in [-0.3, -0.25) is 4.79 Å². The lowest BCUT2D eigenvalue weighted by Crippen LogP contribution is -2.42. The van der Waals surface area contributed by atoms with Crippen LogP contribution in [0.15, 0.2) is 12.1 Å². The summed E-state index contributed by atoms with van der Waals surface area (Å²) in [5.41, 5.74) is 6.17. The van der Waals surface area contributed by atoms with Crippen molar-refractivity contribution in [2.75, 3.05) is 6.54 Å². The minimum atomic E-state index is -4.59. The number of imidazole rings is 1. The van der Waals surface area contributed by atoms with Gasteiger partial charge in [0.1, 0.15) is 5.82 Å². The first-order valence-electron chi connectivity index (χ1n) is 8.77. The minimum absolute atomic E-state index is 0.0387. The highest BCUT2D eigenvalue weighted by molar-refractivity contribution is 5.77. The van der Waals surface area contributed by atoms with E-state index in [2.05, 4.69) is 4.98 Å². The lowest BCUT2D eigenvalue weighted by Gasteiger charge is -2.30. The highest BCUT2D eigenvalue weighted by Crippen LogP contribution is 2.32. The molecule has 2 N–H and O–H groups in total. The number of fused-ring (bicyclic) bond motifs is 1. The quantitative estimate of drug-likeness (QED) is 0.611. The van der Waals surface area contributed by atoms with Gasteiger partial charge < -0.3 is 15.2 Å². The Hall–Kier alpha value is -2.56. The second-order valence-corrected chi connectivity index (χ2v) is 6.96. The molecule has 0 bridgehead atoms. The predicted octanol–water partition coefficient (Wildman–Crippen LogP) is 2.93. The van der Waals surface area contributed by atoms with Crippen LogP contribution >= 0.6 is 0 Å². The van der Waals surface area contributed by atoms with Crippen LogP contribution in [-0.2, 0) is 30.5 Å². The molecule has 0 radical (unpaired) electrons. The Kier molecular flexibility index (Phi) is 5.61. The van der Waals surface area contributed by atoms with Gasteiger partial charge in [-0.2, -0.15) is 13.2 Å². The molecule has 158 valence electrons. The second kappa shape index (κ2) is 7.69. The number of nitrogens with zero attached hydrogens (tertiary/aromatic N) is 3. The van der Waals surface area contributed by atoms with Crippen LogP contribution in [0.4, 0.5) is 26.3 Å². The van der Waals surface area contributed by atoms with Gasteiger partial charge in [0.25, 0.3) is 0 Å². The number of hydrogen-bond acceptors (Lipinski definition) is 3. The first kappa shape index (κ1) is 21.2. The van der Waals surface area contributed by atoms with Crippen molar-refractivity contribution < 1.29 is 31.1 Å². The molecule has 2 aromatic rings. The van der Waals surface area contributed by atoms with Gasteiger partial charge in [0, 0.05) is 31.6 Å². The number of alkyl halides is 3. The van der Waals surface area contributed by atoms with E-state index < -0.39 is 41.4 Å². The maximum Gasteiger partial charge on any atom is 0.449 e. The maximum absolute atomic E-state index is 13.7. The third-order valence-electron chi connectivity index (χ3n) is 4.82. The number of benzene rings is 1. The fourth-order valence-electron chi connectivity index (χ4n) is 3.39. The fourth-order valence-corrected chi connectivity index (χ4v) is 3.39. The molecule has 1 aromatic carbocycles. The van der Waals surface area contributed by atoms with E-state index >= 15 is 0 Å². The smallest absolute Gasteiger partial charge is 0.335 e. The highest BCUT2D eigenvalue weighted by Gasteiger charge is 2.39. The lowest BCUT2D eigenvalue weighted by molar-refractivity contribution is -0.148. The molecule has 0 spiro atoms. The van der Waals surface area contributed by atoms with E-state index in [-0.39, 0.29) is 49.4 Å². The molecule has 1 aliphatic rings. The molecular weight excluding hydrogens is 402 g/mol. The van der Waals surface area contributed by atoms with E-state index in [0.717, 1.165) is 4.57 Å². The summed E-state index contributed by atoms with van der Waals surface area (Å²) in [4.78, 5) is 17.4. The minimum Gasteiger partial charge on any atom is -0.335 e. The number of rotatable bonds is 4. The molecule has 0 saturated heterocycles. The number of aryl methyl sites for hydroxylation is 1. The van der Waals surface area contributed by atoms with Crippen LogP contribution in [0.2, 0.25) is 0 Å². The Labute approximate surface area is 162 Å². The van der Waals surface area contributed by atoms with Crippen LogP contribution in [0.1, 0.15) is 29.2 Å². The van der Waals surface area contributed by atoms with E-state index in [1.807, 2.05) is 0 Å². The van der Waals surface area contributed by atoms with Crippen molar-refractivity contribution in [3.63, 3.8) is 0 Å². The highest BCUT2D eigenvalue weighted by atomic mass is 19.4. The third kappa shape index (κ3) is 4.39. The number of hydrogen-bond donors (Lipinski definition) is 1. The zero-order valence-corrected chi connectivity index (χ0v) is 15.4. The Balaban J connectivity index is 1.67. The summed E-state index contributed by atoms with van der Waals surface area (Å²) in [7, 11) is 0. The van der Waals surface area contributed by atoms with Gasteiger partial charge in [0.05, 0.1) is 17.9 Å². The van der Waals surface area contributed by atoms with E-state index in [1.54, 1.807) is 0 Å². The van der Waals surface area contributed by atoms with Crippen LogP contribution in [-0.4, -0.2) is 32.9 Å². The van der Waals surface area contributed by atoms with E-state index in [1.165, 1.54) is 11.8 Å². The molecule has 0 fully saturated rings. The summed E-state index contributed by atoms with van der Waals surface area (Å²) in [5.74, 6) is -4.94. The normalized spacial score (nSPS) is 15.4. The molecule has 1 aromatic heterocycles. The molecule has 1 unspecified atom stereocenters. The van der Waals surface area contributed by atoms with Crippen LogP contribution in [0.25, 0.3) is 0 Å². The summed E-state index contributed by atoms with van der Waals surface area (Å²) < 4.78 is 80.2. The number of aromatic nitrogens is 2. The number of carbonyl (C=O) groups excluding carboxylic acids is 1. The van der Waals surface area contributed by atoms with Crippen molar-refractivity contribution in [1.82, 2.24) is 14.5 Å². The van der Waals surface area contributed by atoms with E-state index in [0.29, 0.717) is 12.1 Å². The Morgan fingerprint density at radius 3 is 2.48 bits per heavy atom. The van der Waals surface area contributed by atoms with Crippen LogP contribution < -0.4 is 5.73 Å². The Bertz CT molecular complexity index is 939. The summed E-state index contributed by atoms with van der Waals surface area (Å²) in [5, 5.41) is 0. The van der Waals surface area contributed by atoms with Crippen molar-refractivity contribution in [1.29, 1.82) is 0 Å². The monoisotopic (exact) mass is 420 g/mol. The maximum atomic E-state index is 13.7.